The highest BCUT2D eigenvalue weighted by atomic mass is 19.4. The van der Waals surface area contributed by atoms with E-state index in [-0.39, 0.29) is 11.4 Å². The Labute approximate surface area is 113 Å². The van der Waals surface area contributed by atoms with Crippen molar-refractivity contribution in [1.29, 1.82) is 0 Å². The molecule has 0 amide bonds. The number of halogens is 4. The lowest BCUT2D eigenvalue weighted by atomic mass is 9.84. The van der Waals surface area contributed by atoms with Gasteiger partial charge in [-0.15, -0.1) is 0 Å². The average Bonchev–Trinajstić information content (AvgIpc) is 2.30. The average molecular weight is 290 g/mol. The molecule has 3 nitrogen and oxygen atoms in total. The predicted octanol–water partition coefficient (Wildman–Crippen LogP) is 2.67. The zero-order valence-electron chi connectivity index (χ0n) is 11.0. The maximum absolute atomic E-state index is 14.0. The molecule has 0 spiro atoms. The van der Waals surface area contributed by atoms with E-state index in [9.17, 15) is 17.6 Å². The Balaban J connectivity index is 2.63. The van der Waals surface area contributed by atoms with Crippen molar-refractivity contribution in [1.82, 2.24) is 0 Å². The second-order valence-corrected chi connectivity index (χ2v) is 4.97. The van der Waals surface area contributed by atoms with Crippen molar-refractivity contribution in [2.45, 2.75) is 31.7 Å². The topological polar surface area (TPSA) is 47.6 Å². The van der Waals surface area contributed by atoms with Crippen molar-refractivity contribution in [2.75, 3.05) is 6.61 Å². The van der Waals surface area contributed by atoms with E-state index in [1.165, 1.54) is 19.1 Å². The number of aryl methyl sites for hydroxylation is 1. The van der Waals surface area contributed by atoms with Crippen LogP contribution < -0.4 is 5.73 Å². The molecule has 20 heavy (non-hydrogen) atoms. The fraction of sp³-hybridized carbons (Fsp3) is 0.462. The minimum atomic E-state index is -4.67. The summed E-state index contributed by atoms with van der Waals surface area (Å²) in [6.07, 6.45) is -6.91. The Kier molecular flexibility index (Phi) is 3.49. The number of hydrogen-bond donors (Lipinski definition) is 1. The van der Waals surface area contributed by atoms with E-state index in [4.69, 9.17) is 10.5 Å². The number of nitrogens with zero attached hydrogens (tertiary/aromatic N) is 1. The van der Waals surface area contributed by atoms with Gasteiger partial charge < -0.3 is 10.5 Å². The fourth-order valence-electron chi connectivity index (χ4n) is 2.36. The monoisotopic (exact) mass is 290 g/mol. The Morgan fingerprint density at radius 2 is 2.05 bits per heavy atom. The molecular formula is C13H14F4N2O. The molecule has 0 bridgehead atoms. The molecule has 2 rings (SSSR count). The van der Waals surface area contributed by atoms with E-state index in [2.05, 4.69) is 4.99 Å². The lowest BCUT2D eigenvalue weighted by Crippen LogP contribution is -2.53. The largest absolute Gasteiger partial charge is 0.417 e. The van der Waals surface area contributed by atoms with Gasteiger partial charge in [-0.25, -0.2) is 4.39 Å². The summed E-state index contributed by atoms with van der Waals surface area (Å²) < 4.78 is 58.1. The van der Waals surface area contributed by atoms with Crippen LogP contribution >= 0.6 is 0 Å². The van der Waals surface area contributed by atoms with E-state index >= 15 is 0 Å². The molecule has 0 aliphatic carbocycles. The van der Waals surface area contributed by atoms with Crippen molar-refractivity contribution in [3.63, 3.8) is 0 Å². The van der Waals surface area contributed by atoms with Crippen LogP contribution in [-0.4, -0.2) is 24.7 Å². The molecule has 2 atom stereocenters. The zero-order valence-corrected chi connectivity index (χ0v) is 11.0. The molecule has 110 valence electrons. The lowest BCUT2D eigenvalue weighted by Gasteiger charge is -2.39. The molecule has 0 radical (unpaired) electrons. The molecule has 1 heterocycles. The van der Waals surface area contributed by atoms with Crippen LogP contribution in [0, 0.1) is 12.7 Å². The van der Waals surface area contributed by atoms with Crippen LogP contribution in [0.3, 0.4) is 0 Å². The summed E-state index contributed by atoms with van der Waals surface area (Å²) in [6.45, 7) is 2.41. The number of rotatable bonds is 1. The number of nitrogens with two attached hydrogens (primary N) is 1. The van der Waals surface area contributed by atoms with Gasteiger partial charge in [0.2, 0.25) is 0 Å². The van der Waals surface area contributed by atoms with Crippen molar-refractivity contribution < 1.29 is 22.3 Å². The molecule has 2 N–H and O–H groups in total. The van der Waals surface area contributed by atoms with Crippen LogP contribution in [0.2, 0.25) is 0 Å². The van der Waals surface area contributed by atoms with E-state index in [1.54, 1.807) is 6.92 Å². The van der Waals surface area contributed by atoms with Crippen molar-refractivity contribution in [3.8, 4) is 0 Å². The van der Waals surface area contributed by atoms with E-state index < -0.39 is 30.2 Å². The molecule has 1 aliphatic heterocycles. The quantitative estimate of drug-likeness (QED) is 0.808. The predicted molar refractivity (Wildman–Crippen MR) is 65.9 cm³/mol. The van der Waals surface area contributed by atoms with Gasteiger partial charge in [-0.1, -0.05) is 17.7 Å². The van der Waals surface area contributed by atoms with Gasteiger partial charge in [0.05, 0.1) is 0 Å². The van der Waals surface area contributed by atoms with Gasteiger partial charge in [0.15, 0.2) is 6.10 Å². The summed E-state index contributed by atoms with van der Waals surface area (Å²) in [6, 6.07) is 3.92. The smallest absolute Gasteiger partial charge is 0.386 e. The molecule has 1 aromatic carbocycles. The number of benzene rings is 1. The summed E-state index contributed by atoms with van der Waals surface area (Å²) in [5.74, 6) is -0.858. The van der Waals surface area contributed by atoms with E-state index in [1.807, 2.05) is 0 Å². The number of amidine groups is 1. The second-order valence-electron chi connectivity index (χ2n) is 4.97. The molecule has 1 aromatic rings. The Morgan fingerprint density at radius 3 is 2.65 bits per heavy atom. The molecule has 0 aromatic heterocycles. The minimum absolute atomic E-state index is 0.0890. The summed E-state index contributed by atoms with van der Waals surface area (Å²) in [7, 11) is 0. The van der Waals surface area contributed by atoms with Gasteiger partial charge in [-0.2, -0.15) is 13.2 Å². The molecular weight excluding hydrogens is 276 g/mol. The highest BCUT2D eigenvalue weighted by molar-refractivity contribution is 5.82. The lowest BCUT2D eigenvalue weighted by molar-refractivity contribution is -0.238. The van der Waals surface area contributed by atoms with E-state index in [0.29, 0.717) is 5.56 Å². The molecule has 0 fully saturated rings. The van der Waals surface area contributed by atoms with Crippen LogP contribution in [0.4, 0.5) is 17.6 Å². The van der Waals surface area contributed by atoms with Gasteiger partial charge >= 0.3 is 6.18 Å². The van der Waals surface area contributed by atoms with Crippen molar-refractivity contribution in [3.05, 3.63) is 35.1 Å². The fourth-order valence-corrected chi connectivity index (χ4v) is 2.36. The molecule has 0 saturated heterocycles. The third kappa shape index (κ3) is 2.49. The van der Waals surface area contributed by atoms with Crippen LogP contribution in [0.1, 0.15) is 18.1 Å². The van der Waals surface area contributed by atoms with Gasteiger partial charge in [-0.05, 0) is 19.9 Å². The molecule has 2 unspecified atom stereocenters. The van der Waals surface area contributed by atoms with E-state index in [0.717, 1.165) is 6.07 Å². The van der Waals surface area contributed by atoms with Crippen LogP contribution in [0.5, 0.6) is 0 Å². The van der Waals surface area contributed by atoms with Crippen molar-refractivity contribution in [2.24, 2.45) is 10.7 Å². The SMILES string of the molecule is Cc1ccc(F)c(C2(C)N=C(N)COC2C(F)(F)F)c1. The minimum Gasteiger partial charge on any atom is -0.386 e. The highest BCUT2D eigenvalue weighted by Gasteiger charge is 2.56. The number of ether oxygens (including phenoxy) is 1. The maximum Gasteiger partial charge on any atom is 0.417 e. The highest BCUT2D eigenvalue weighted by Crippen LogP contribution is 2.42. The number of hydrogen-bond acceptors (Lipinski definition) is 3. The molecule has 0 saturated carbocycles. The van der Waals surface area contributed by atoms with Crippen molar-refractivity contribution >= 4 is 5.84 Å². The first-order valence-corrected chi connectivity index (χ1v) is 5.94. The van der Waals surface area contributed by atoms with Crippen LogP contribution in [0.15, 0.2) is 23.2 Å². The van der Waals surface area contributed by atoms with Gasteiger partial charge in [0.1, 0.15) is 23.8 Å². The third-order valence-corrected chi connectivity index (χ3v) is 3.25. The normalized spacial score (nSPS) is 27.3. The second kappa shape index (κ2) is 4.73. The number of aliphatic imine (C=N–C) groups is 1. The summed E-state index contributed by atoms with van der Waals surface area (Å²) in [5, 5.41) is 0. The Bertz CT molecular complexity index is 556. The summed E-state index contributed by atoms with van der Waals surface area (Å²) in [4.78, 5) is 3.84. The first kappa shape index (κ1) is 14.8. The summed E-state index contributed by atoms with van der Waals surface area (Å²) in [5.41, 5.74) is 3.99. The standard InChI is InChI=1S/C13H14F4N2O/c1-7-3-4-9(14)8(5-7)12(2)11(13(15,16)17)20-6-10(18)19-12/h3-5,11H,6H2,1-2H3,(H2,18,19). The molecule has 7 heteroatoms. The Hall–Kier alpha value is -1.63. The molecule has 1 aliphatic rings. The zero-order chi connectivity index (χ0) is 15.1. The first-order chi connectivity index (χ1) is 9.14. The van der Waals surface area contributed by atoms with Gasteiger partial charge in [-0.3, -0.25) is 4.99 Å². The first-order valence-electron chi connectivity index (χ1n) is 5.94. The third-order valence-electron chi connectivity index (χ3n) is 3.25. The Morgan fingerprint density at radius 1 is 1.40 bits per heavy atom. The van der Waals surface area contributed by atoms with Gasteiger partial charge in [0.25, 0.3) is 0 Å². The van der Waals surface area contributed by atoms with Crippen LogP contribution in [-0.2, 0) is 10.3 Å². The van der Waals surface area contributed by atoms with Crippen LogP contribution in [0.25, 0.3) is 0 Å². The maximum atomic E-state index is 14.0. The van der Waals surface area contributed by atoms with Gasteiger partial charge in [0, 0.05) is 5.56 Å². The number of alkyl halides is 3. The summed E-state index contributed by atoms with van der Waals surface area (Å²) >= 11 is 0.